The van der Waals surface area contributed by atoms with Gasteiger partial charge >= 0.3 is 0 Å². The van der Waals surface area contributed by atoms with E-state index in [1.807, 2.05) is 7.05 Å². The third kappa shape index (κ3) is 2.56. The number of hydrogen-bond donors (Lipinski definition) is 2. The van der Waals surface area contributed by atoms with Gasteiger partial charge in [0.15, 0.2) is 5.82 Å². The van der Waals surface area contributed by atoms with Crippen LogP contribution in [0.5, 0.6) is 0 Å². The third-order valence-electron chi connectivity index (χ3n) is 2.89. The van der Waals surface area contributed by atoms with Crippen molar-refractivity contribution >= 4 is 11.6 Å². The fourth-order valence-corrected chi connectivity index (χ4v) is 1.13. The maximum absolute atomic E-state index is 5.29. The van der Waals surface area contributed by atoms with Gasteiger partial charge in [0.1, 0.15) is 5.82 Å². The Kier molecular flexibility index (Phi) is 3.47. The molecule has 0 unspecified atom stereocenters. The van der Waals surface area contributed by atoms with Crippen LogP contribution in [-0.4, -0.2) is 22.6 Å². The zero-order valence-electron chi connectivity index (χ0n) is 9.78. The van der Waals surface area contributed by atoms with Crippen molar-refractivity contribution in [3.63, 3.8) is 0 Å². The van der Waals surface area contributed by atoms with E-state index < -0.39 is 0 Å². The molecule has 5 heteroatoms. The van der Waals surface area contributed by atoms with Crippen LogP contribution in [0.25, 0.3) is 0 Å². The van der Waals surface area contributed by atoms with E-state index in [-0.39, 0.29) is 5.54 Å². The van der Waals surface area contributed by atoms with E-state index in [0.29, 0.717) is 5.82 Å². The molecule has 0 saturated heterocycles. The van der Waals surface area contributed by atoms with Gasteiger partial charge in [0.05, 0.1) is 12.4 Å². The summed E-state index contributed by atoms with van der Waals surface area (Å²) in [5.74, 6) is 6.68. The first-order valence-electron chi connectivity index (χ1n) is 5.03. The van der Waals surface area contributed by atoms with Crippen molar-refractivity contribution in [3.05, 3.63) is 12.4 Å². The molecule has 1 rings (SSSR count). The van der Waals surface area contributed by atoms with E-state index in [1.165, 1.54) is 0 Å². The Bertz CT molecular complexity index is 323. The van der Waals surface area contributed by atoms with Gasteiger partial charge in [-0.3, -0.25) is 4.98 Å². The summed E-state index contributed by atoms with van der Waals surface area (Å²) < 4.78 is 0. The summed E-state index contributed by atoms with van der Waals surface area (Å²) in [5.41, 5.74) is 2.55. The van der Waals surface area contributed by atoms with Gasteiger partial charge in [-0.15, -0.1) is 0 Å². The molecule has 0 atom stereocenters. The normalized spacial score (nSPS) is 11.3. The third-order valence-corrected chi connectivity index (χ3v) is 2.89. The first kappa shape index (κ1) is 11.7. The molecule has 0 aliphatic rings. The Morgan fingerprint density at radius 2 is 2.13 bits per heavy atom. The lowest BCUT2D eigenvalue weighted by Gasteiger charge is -2.35. The summed E-state index contributed by atoms with van der Waals surface area (Å²) >= 11 is 0. The van der Waals surface area contributed by atoms with Crippen LogP contribution in [0.4, 0.5) is 11.6 Å². The summed E-state index contributed by atoms with van der Waals surface area (Å²) in [6.07, 6.45) is 4.36. The molecule has 0 aliphatic carbocycles. The number of nitrogens with one attached hydrogen (secondary N) is 1. The summed E-state index contributed by atoms with van der Waals surface area (Å²) in [5, 5.41) is 0. The molecular formula is C10H19N5. The first-order chi connectivity index (χ1) is 7.01. The summed E-state index contributed by atoms with van der Waals surface area (Å²) in [7, 11) is 2.01. The number of hydrogen-bond acceptors (Lipinski definition) is 5. The lowest BCUT2D eigenvalue weighted by molar-refractivity contribution is 0.467. The van der Waals surface area contributed by atoms with Gasteiger partial charge in [-0.05, 0) is 20.3 Å². The lowest BCUT2D eigenvalue weighted by Crippen LogP contribution is -2.41. The maximum Gasteiger partial charge on any atom is 0.160 e. The molecule has 15 heavy (non-hydrogen) atoms. The van der Waals surface area contributed by atoms with Crippen molar-refractivity contribution in [1.29, 1.82) is 0 Å². The number of nitrogens with two attached hydrogens (primary N) is 1. The minimum atomic E-state index is 0.0574. The Morgan fingerprint density at radius 3 is 2.67 bits per heavy atom. The van der Waals surface area contributed by atoms with Gasteiger partial charge in [0.25, 0.3) is 0 Å². The molecule has 0 aliphatic heterocycles. The van der Waals surface area contributed by atoms with Gasteiger partial charge in [0.2, 0.25) is 0 Å². The lowest BCUT2D eigenvalue weighted by atomic mass is 10.0. The first-order valence-corrected chi connectivity index (χ1v) is 5.03. The molecule has 1 aromatic heterocycles. The minimum Gasteiger partial charge on any atom is -0.353 e. The van der Waals surface area contributed by atoms with E-state index >= 15 is 0 Å². The Morgan fingerprint density at radius 1 is 1.47 bits per heavy atom. The molecule has 1 heterocycles. The quantitative estimate of drug-likeness (QED) is 0.579. The molecule has 3 N–H and O–H groups in total. The van der Waals surface area contributed by atoms with Crippen molar-refractivity contribution in [2.75, 3.05) is 17.4 Å². The maximum atomic E-state index is 5.29. The van der Waals surface area contributed by atoms with Crippen LogP contribution in [0.1, 0.15) is 27.2 Å². The van der Waals surface area contributed by atoms with Crippen LogP contribution in [0.3, 0.4) is 0 Å². The van der Waals surface area contributed by atoms with E-state index in [4.69, 9.17) is 5.84 Å². The van der Waals surface area contributed by atoms with E-state index in [9.17, 15) is 0 Å². The van der Waals surface area contributed by atoms with Gasteiger partial charge in [-0.25, -0.2) is 10.8 Å². The molecule has 0 fully saturated rings. The van der Waals surface area contributed by atoms with Crippen molar-refractivity contribution < 1.29 is 0 Å². The van der Waals surface area contributed by atoms with Crippen LogP contribution in [0.2, 0.25) is 0 Å². The summed E-state index contributed by atoms with van der Waals surface area (Å²) in [4.78, 5) is 10.5. The number of aromatic nitrogens is 2. The Labute approximate surface area is 90.7 Å². The molecule has 1 aromatic rings. The summed E-state index contributed by atoms with van der Waals surface area (Å²) in [6.45, 7) is 6.48. The van der Waals surface area contributed by atoms with Crippen LogP contribution >= 0.6 is 0 Å². The van der Waals surface area contributed by atoms with Crippen LogP contribution in [0.15, 0.2) is 12.4 Å². The van der Waals surface area contributed by atoms with Gasteiger partial charge < -0.3 is 10.3 Å². The molecule has 0 amide bonds. The van der Waals surface area contributed by atoms with Crippen molar-refractivity contribution in [3.8, 4) is 0 Å². The average Bonchev–Trinajstić information content (AvgIpc) is 2.28. The minimum absolute atomic E-state index is 0.0574. The SMILES string of the molecule is CCC(C)(C)N(C)c1cncc(NN)n1. The zero-order valence-corrected chi connectivity index (χ0v) is 9.78. The van der Waals surface area contributed by atoms with E-state index in [0.717, 1.165) is 12.2 Å². The van der Waals surface area contributed by atoms with Crippen molar-refractivity contribution in [2.45, 2.75) is 32.7 Å². The molecule has 0 aromatic carbocycles. The van der Waals surface area contributed by atoms with Gasteiger partial charge in [0, 0.05) is 12.6 Å². The number of nitrogen functional groups attached to an aromatic ring is 1. The molecule has 5 nitrogen and oxygen atoms in total. The fraction of sp³-hybridized carbons (Fsp3) is 0.600. The van der Waals surface area contributed by atoms with Crippen LogP contribution in [0, 0.1) is 0 Å². The zero-order chi connectivity index (χ0) is 11.5. The highest BCUT2D eigenvalue weighted by molar-refractivity contribution is 5.44. The molecular weight excluding hydrogens is 190 g/mol. The highest BCUT2D eigenvalue weighted by Gasteiger charge is 2.22. The molecule has 0 bridgehead atoms. The molecule has 0 saturated carbocycles. The number of anilines is 2. The number of hydrazine groups is 1. The fourth-order valence-electron chi connectivity index (χ4n) is 1.13. The highest BCUT2D eigenvalue weighted by atomic mass is 15.3. The van der Waals surface area contributed by atoms with E-state index in [1.54, 1.807) is 12.4 Å². The largest absolute Gasteiger partial charge is 0.353 e. The molecule has 84 valence electrons. The number of rotatable bonds is 4. The monoisotopic (exact) mass is 209 g/mol. The van der Waals surface area contributed by atoms with Crippen LogP contribution in [-0.2, 0) is 0 Å². The topological polar surface area (TPSA) is 67.1 Å². The van der Waals surface area contributed by atoms with Crippen molar-refractivity contribution in [2.24, 2.45) is 5.84 Å². The predicted molar refractivity (Wildman–Crippen MR) is 62.6 cm³/mol. The second-order valence-electron chi connectivity index (χ2n) is 4.13. The van der Waals surface area contributed by atoms with Gasteiger partial charge in [-0.1, -0.05) is 6.92 Å². The van der Waals surface area contributed by atoms with E-state index in [2.05, 4.69) is 41.1 Å². The predicted octanol–water partition coefficient (Wildman–Crippen LogP) is 1.39. The van der Waals surface area contributed by atoms with Crippen molar-refractivity contribution in [1.82, 2.24) is 9.97 Å². The molecule has 0 spiro atoms. The Hall–Kier alpha value is -1.36. The average molecular weight is 209 g/mol. The second kappa shape index (κ2) is 4.44. The molecule has 0 radical (unpaired) electrons. The van der Waals surface area contributed by atoms with Gasteiger partial charge in [-0.2, -0.15) is 0 Å². The number of nitrogens with zero attached hydrogens (tertiary/aromatic N) is 3. The highest BCUT2D eigenvalue weighted by Crippen LogP contribution is 2.22. The van der Waals surface area contributed by atoms with Crippen LogP contribution < -0.4 is 16.2 Å². The Balaban J connectivity index is 2.95. The summed E-state index contributed by atoms with van der Waals surface area (Å²) in [6, 6.07) is 0. The smallest absolute Gasteiger partial charge is 0.160 e. The second-order valence-corrected chi connectivity index (χ2v) is 4.13. The standard InChI is InChI=1S/C10H19N5/c1-5-10(2,3)15(4)9-7-12-6-8(13-9)14-11/h6-7H,5,11H2,1-4H3,(H,13,14).